The third-order valence-electron chi connectivity index (χ3n) is 4.12. The number of hydrogen-bond acceptors (Lipinski definition) is 5. The minimum absolute atomic E-state index is 0.000418. The second-order valence-electron chi connectivity index (χ2n) is 5.91. The van der Waals surface area contributed by atoms with E-state index in [2.05, 4.69) is 4.98 Å². The van der Waals surface area contributed by atoms with Gasteiger partial charge in [0.15, 0.2) is 4.88 Å². The lowest BCUT2D eigenvalue weighted by Crippen LogP contribution is -2.02. The van der Waals surface area contributed by atoms with Crippen molar-refractivity contribution in [2.75, 3.05) is 7.11 Å². The third kappa shape index (κ3) is 3.46. The molecule has 2 heterocycles. The predicted octanol–water partition coefficient (Wildman–Crippen LogP) is 5.25. The fourth-order valence-electron chi connectivity index (χ4n) is 2.74. The number of carbonyl (C=O) groups excluding carboxylic acids is 1. The minimum Gasteiger partial charge on any atom is -0.487 e. The van der Waals surface area contributed by atoms with Gasteiger partial charge in [-0.1, -0.05) is 41.9 Å². The number of aromatic nitrogens is 2. The Balaban J connectivity index is 1.73. The zero-order valence-corrected chi connectivity index (χ0v) is 16.3. The summed E-state index contributed by atoms with van der Waals surface area (Å²) in [6.45, 7) is 0.308. The van der Waals surface area contributed by atoms with Gasteiger partial charge in [0, 0.05) is 12.1 Å². The molecule has 0 amide bonds. The highest BCUT2D eigenvalue weighted by Gasteiger charge is 2.21. The molecule has 0 atom stereocenters. The summed E-state index contributed by atoms with van der Waals surface area (Å²) in [5.74, 6) is -0.619. The molecular weight excluding hydrogens is 403 g/mol. The van der Waals surface area contributed by atoms with E-state index in [0.29, 0.717) is 33.3 Å². The SMILES string of the molecule is COC(=O)c1sc(-n2cnc3cc(F)c(Cl)cc32)cc1OCc1ccccc1. The molecule has 0 N–H and O–H groups in total. The first-order valence-corrected chi connectivity index (χ1v) is 9.47. The number of rotatable bonds is 5. The highest BCUT2D eigenvalue weighted by Crippen LogP contribution is 2.35. The standard InChI is InChI=1S/C20H14ClFN2O3S/c1-26-20(25)19-17(27-10-12-5-3-2-4-6-12)9-18(28-19)24-11-23-15-8-14(22)13(21)7-16(15)24/h2-9,11H,10H2,1H3. The fraction of sp³-hybridized carbons (Fsp3) is 0.100. The van der Waals surface area contributed by atoms with Crippen molar-refractivity contribution in [2.24, 2.45) is 0 Å². The summed E-state index contributed by atoms with van der Waals surface area (Å²) >= 11 is 7.12. The molecule has 28 heavy (non-hydrogen) atoms. The van der Waals surface area contributed by atoms with Crippen LogP contribution in [0.2, 0.25) is 5.02 Å². The van der Waals surface area contributed by atoms with E-state index in [1.807, 2.05) is 30.3 Å². The number of ether oxygens (including phenoxy) is 2. The second kappa shape index (κ2) is 7.61. The van der Waals surface area contributed by atoms with Crippen LogP contribution in [0.3, 0.4) is 0 Å². The van der Waals surface area contributed by atoms with E-state index < -0.39 is 11.8 Å². The largest absolute Gasteiger partial charge is 0.487 e. The Bertz CT molecular complexity index is 1160. The molecule has 0 spiro atoms. The van der Waals surface area contributed by atoms with E-state index in [9.17, 15) is 9.18 Å². The number of hydrogen-bond donors (Lipinski definition) is 0. The Kier molecular flexibility index (Phi) is 5.02. The predicted molar refractivity (Wildman–Crippen MR) is 106 cm³/mol. The average Bonchev–Trinajstić information content (AvgIpc) is 3.31. The molecule has 0 aliphatic carbocycles. The summed E-state index contributed by atoms with van der Waals surface area (Å²) in [6.07, 6.45) is 1.55. The Morgan fingerprint density at radius 1 is 1.25 bits per heavy atom. The van der Waals surface area contributed by atoms with Gasteiger partial charge in [0.2, 0.25) is 0 Å². The zero-order valence-electron chi connectivity index (χ0n) is 14.7. The monoisotopic (exact) mass is 416 g/mol. The summed E-state index contributed by atoms with van der Waals surface area (Å²) in [4.78, 5) is 16.7. The van der Waals surface area contributed by atoms with Crippen LogP contribution in [0, 0.1) is 5.82 Å². The van der Waals surface area contributed by atoms with E-state index in [4.69, 9.17) is 21.1 Å². The van der Waals surface area contributed by atoms with Gasteiger partial charge < -0.3 is 9.47 Å². The number of benzene rings is 2. The van der Waals surface area contributed by atoms with Crippen LogP contribution < -0.4 is 4.74 Å². The summed E-state index contributed by atoms with van der Waals surface area (Å²) in [5.41, 5.74) is 2.06. The molecule has 142 valence electrons. The number of thiophene rings is 1. The van der Waals surface area contributed by atoms with Crippen molar-refractivity contribution in [1.82, 2.24) is 9.55 Å². The maximum absolute atomic E-state index is 13.7. The van der Waals surface area contributed by atoms with Gasteiger partial charge in [0.05, 0.1) is 23.2 Å². The molecule has 2 aromatic heterocycles. The smallest absolute Gasteiger partial charge is 0.351 e. The lowest BCUT2D eigenvalue weighted by Gasteiger charge is -2.06. The summed E-state index contributed by atoms with van der Waals surface area (Å²) < 4.78 is 26.2. The van der Waals surface area contributed by atoms with Crippen molar-refractivity contribution in [3.05, 3.63) is 76.1 Å². The van der Waals surface area contributed by atoms with Gasteiger partial charge in [-0.05, 0) is 11.6 Å². The summed E-state index contributed by atoms with van der Waals surface area (Å²) in [6, 6.07) is 14.1. The molecule has 0 saturated heterocycles. The first-order valence-electron chi connectivity index (χ1n) is 8.28. The zero-order chi connectivity index (χ0) is 19.7. The highest BCUT2D eigenvalue weighted by atomic mass is 35.5. The molecule has 4 aromatic rings. The van der Waals surface area contributed by atoms with Crippen LogP contribution in [-0.2, 0) is 11.3 Å². The molecule has 0 fully saturated rings. The lowest BCUT2D eigenvalue weighted by atomic mass is 10.2. The molecule has 0 saturated carbocycles. The number of imidazole rings is 1. The van der Waals surface area contributed by atoms with Crippen LogP contribution in [-0.4, -0.2) is 22.6 Å². The minimum atomic E-state index is -0.535. The first kappa shape index (κ1) is 18.5. The van der Waals surface area contributed by atoms with Crippen molar-refractivity contribution in [3.63, 3.8) is 0 Å². The average molecular weight is 417 g/mol. The van der Waals surface area contributed by atoms with Crippen LogP contribution in [0.25, 0.3) is 16.0 Å². The molecule has 0 bridgehead atoms. The van der Waals surface area contributed by atoms with Gasteiger partial charge in [0.25, 0.3) is 0 Å². The summed E-state index contributed by atoms with van der Waals surface area (Å²) in [7, 11) is 1.32. The van der Waals surface area contributed by atoms with Crippen LogP contribution in [0.15, 0.2) is 54.9 Å². The number of methoxy groups -OCH3 is 1. The fourth-order valence-corrected chi connectivity index (χ4v) is 3.90. The molecule has 4 rings (SSSR count). The number of esters is 1. The Morgan fingerprint density at radius 3 is 2.79 bits per heavy atom. The molecule has 0 aliphatic rings. The number of fused-ring (bicyclic) bond motifs is 1. The Morgan fingerprint density at radius 2 is 2.04 bits per heavy atom. The van der Waals surface area contributed by atoms with Gasteiger partial charge in [-0.3, -0.25) is 4.57 Å². The second-order valence-corrected chi connectivity index (χ2v) is 7.35. The molecule has 2 aromatic carbocycles. The van der Waals surface area contributed by atoms with E-state index in [1.165, 1.54) is 30.6 Å². The molecule has 0 unspecified atom stereocenters. The van der Waals surface area contributed by atoms with Gasteiger partial charge in [-0.15, -0.1) is 11.3 Å². The third-order valence-corrected chi connectivity index (χ3v) is 5.50. The maximum atomic E-state index is 13.7. The molecule has 0 radical (unpaired) electrons. The van der Waals surface area contributed by atoms with Gasteiger partial charge in [-0.25, -0.2) is 14.2 Å². The van der Waals surface area contributed by atoms with Crippen LogP contribution in [0.4, 0.5) is 4.39 Å². The van der Waals surface area contributed by atoms with Crippen molar-refractivity contribution >= 4 is 39.9 Å². The normalized spacial score (nSPS) is 11.0. The first-order chi connectivity index (χ1) is 13.6. The van der Waals surface area contributed by atoms with Crippen molar-refractivity contribution in [3.8, 4) is 10.8 Å². The lowest BCUT2D eigenvalue weighted by molar-refractivity contribution is 0.0601. The molecule has 0 aliphatic heterocycles. The van der Waals surface area contributed by atoms with Crippen LogP contribution in [0.1, 0.15) is 15.2 Å². The van der Waals surface area contributed by atoms with E-state index in [-0.39, 0.29) is 5.02 Å². The van der Waals surface area contributed by atoms with Crippen molar-refractivity contribution in [1.29, 1.82) is 0 Å². The molecular formula is C20H14ClFN2O3S. The van der Waals surface area contributed by atoms with E-state index in [0.717, 1.165) is 5.56 Å². The van der Waals surface area contributed by atoms with Gasteiger partial charge in [0.1, 0.15) is 29.5 Å². The van der Waals surface area contributed by atoms with E-state index in [1.54, 1.807) is 17.0 Å². The van der Waals surface area contributed by atoms with Gasteiger partial charge in [-0.2, -0.15) is 0 Å². The van der Waals surface area contributed by atoms with Crippen LogP contribution >= 0.6 is 22.9 Å². The van der Waals surface area contributed by atoms with Crippen molar-refractivity contribution in [2.45, 2.75) is 6.61 Å². The van der Waals surface area contributed by atoms with E-state index >= 15 is 0 Å². The van der Waals surface area contributed by atoms with Crippen LogP contribution in [0.5, 0.6) is 5.75 Å². The number of carbonyl (C=O) groups is 1. The Labute approximate surface area is 168 Å². The molecule has 5 nitrogen and oxygen atoms in total. The number of nitrogens with zero attached hydrogens (tertiary/aromatic N) is 2. The quantitative estimate of drug-likeness (QED) is 0.417. The highest BCUT2D eigenvalue weighted by molar-refractivity contribution is 7.16. The van der Waals surface area contributed by atoms with Crippen molar-refractivity contribution < 1.29 is 18.7 Å². The Hall–Kier alpha value is -2.90. The maximum Gasteiger partial charge on any atom is 0.351 e. The topological polar surface area (TPSA) is 53.4 Å². The number of halogens is 2. The summed E-state index contributed by atoms with van der Waals surface area (Å²) in [5, 5.41) is 0.674. The molecule has 8 heteroatoms. The van der Waals surface area contributed by atoms with Gasteiger partial charge >= 0.3 is 5.97 Å².